The van der Waals surface area contributed by atoms with Crippen molar-refractivity contribution in [2.75, 3.05) is 0 Å². The second kappa shape index (κ2) is 6.94. The summed E-state index contributed by atoms with van der Waals surface area (Å²) >= 11 is 3.40. The monoisotopic (exact) mass is 388 g/mol. The fraction of sp³-hybridized carbons (Fsp3) is 0.0588. The van der Waals surface area contributed by atoms with Gasteiger partial charge in [0.15, 0.2) is 5.69 Å². The summed E-state index contributed by atoms with van der Waals surface area (Å²) < 4.78 is 15.7. The quantitative estimate of drug-likeness (QED) is 0.409. The van der Waals surface area contributed by atoms with Crippen LogP contribution in [-0.4, -0.2) is 15.7 Å². The molecule has 3 rings (SSSR count). The van der Waals surface area contributed by atoms with Crippen molar-refractivity contribution in [2.24, 2.45) is 5.84 Å². The molecule has 0 unspecified atom stereocenters. The Morgan fingerprint density at radius 2 is 1.83 bits per heavy atom. The van der Waals surface area contributed by atoms with E-state index in [1.165, 1.54) is 12.1 Å². The van der Waals surface area contributed by atoms with Gasteiger partial charge in [-0.1, -0.05) is 40.2 Å². The summed E-state index contributed by atoms with van der Waals surface area (Å²) in [5.41, 5.74) is 4.85. The predicted octanol–water partition coefficient (Wildman–Crippen LogP) is 3.10. The lowest BCUT2D eigenvalue weighted by Crippen LogP contribution is -2.30. The van der Waals surface area contributed by atoms with E-state index in [0.717, 1.165) is 21.3 Å². The average Bonchev–Trinajstić information content (AvgIpc) is 3.01. The van der Waals surface area contributed by atoms with E-state index in [9.17, 15) is 9.18 Å². The molecule has 0 saturated carbocycles. The number of hydrogen-bond donors (Lipinski definition) is 2. The number of benzene rings is 2. The number of nitrogens with two attached hydrogens (primary N) is 1. The molecule has 24 heavy (non-hydrogen) atoms. The SMILES string of the molecule is NNC(=O)c1cc(-c2ccc(Br)cc2)n(Cc2ccc(F)cc2)n1. The van der Waals surface area contributed by atoms with Crippen LogP contribution in [0.15, 0.2) is 59.1 Å². The number of aromatic nitrogens is 2. The largest absolute Gasteiger partial charge is 0.289 e. The molecule has 3 N–H and O–H groups in total. The Morgan fingerprint density at radius 1 is 1.17 bits per heavy atom. The molecule has 2 aromatic carbocycles. The van der Waals surface area contributed by atoms with Crippen molar-refractivity contribution in [3.8, 4) is 11.3 Å². The Hall–Kier alpha value is -2.51. The highest BCUT2D eigenvalue weighted by Gasteiger charge is 2.15. The number of carbonyl (C=O) groups excluding carboxylic acids is 1. The molecule has 0 radical (unpaired) electrons. The van der Waals surface area contributed by atoms with Crippen molar-refractivity contribution in [1.82, 2.24) is 15.2 Å². The van der Waals surface area contributed by atoms with Crippen molar-refractivity contribution in [1.29, 1.82) is 0 Å². The van der Waals surface area contributed by atoms with Crippen LogP contribution in [0.1, 0.15) is 16.1 Å². The van der Waals surface area contributed by atoms with Crippen molar-refractivity contribution >= 4 is 21.8 Å². The maximum absolute atomic E-state index is 13.1. The number of amides is 1. The normalized spacial score (nSPS) is 10.6. The lowest BCUT2D eigenvalue weighted by atomic mass is 10.1. The number of hydrogen-bond acceptors (Lipinski definition) is 3. The van der Waals surface area contributed by atoms with E-state index in [0.29, 0.717) is 6.54 Å². The van der Waals surface area contributed by atoms with Crippen molar-refractivity contribution < 1.29 is 9.18 Å². The van der Waals surface area contributed by atoms with E-state index >= 15 is 0 Å². The van der Waals surface area contributed by atoms with Crippen LogP contribution >= 0.6 is 15.9 Å². The second-order valence-electron chi connectivity index (χ2n) is 5.18. The zero-order valence-electron chi connectivity index (χ0n) is 12.5. The van der Waals surface area contributed by atoms with Crippen LogP contribution in [0.3, 0.4) is 0 Å². The van der Waals surface area contributed by atoms with Gasteiger partial charge in [0.25, 0.3) is 5.91 Å². The molecule has 5 nitrogen and oxygen atoms in total. The van der Waals surface area contributed by atoms with Crippen LogP contribution in [0.5, 0.6) is 0 Å². The van der Waals surface area contributed by atoms with Gasteiger partial charge in [0, 0.05) is 4.47 Å². The first-order valence-electron chi connectivity index (χ1n) is 7.16. The van der Waals surface area contributed by atoms with Gasteiger partial charge in [-0.15, -0.1) is 0 Å². The molecule has 0 spiro atoms. The summed E-state index contributed by atoms with van der Waals surface area (Å²) in [4.78, 5) is 11.8. The molecule has 0 aliphatic carbocycles. The fourth-order valence-corrected chi connectivity index (χ4v) is 2.60. The highest BCUT2D eigenvalue weighted by atomic mass is 79.9. The van der Waals surface area contributed by atoms with Crippen molar-refractivity contribution in [2.45, 2.75) is 6.54 Å². The van der Waals surface area contributed by atoms with Gasteiger partial charge in [-0.2, -0.15) is 5.10 Å². The first-order valence-corrected chi connectivity index (χ1v) is 7.95. The van der Waals surface area contributed by atoms with E-state index in [2.05, 4.69) is 26.5 Å². The van der Waals surface area contributed by atoms with Crippen LogP contribution in [0.4, 0.5) is 4.39 Å². The van der Waals surface area contributed by atoms with E-state index in [1.54, 1.807) is 22.9 Å². The average molecular weight is 389 g/mol. The molecule has 0 aliphatic heterocycles. The topological polar surface area (TPSA) is 72.9 Å². The molecule has 7 heteroatoms. The fourth-order valence-electron chi connectivity index (χ4n) is 2.34. The molecule has 1 aromatic heterocycles. The number of nitrogen functional groups attached to an aromatic ring is 1. The Morgan fingerprint density at radius 3 is 2.46 bits per heavy atom. The van der Waals surface area contributed by atoms with E-state index in [4.69, 9.17) is 5.84 Å². The maximum atomic E-state index is 13.1. The number of nitrogens with one attached hydrogen (secondary N) is 1. The van der Waals surface area contributed by atoms with Gasteiger partial charge in [0.05, 0.1) is 12.2 Å². The van der Waals surface area contributed by atoms with Crippen LogP contribution in [-0.2, 0) is 6.54 Å². The zero-order chi connectivity index (χ0) is 17.1. The van der Waals surface area contributed by atoms with Gasteiger partial charge in [0.1, 0.15) is 5.82 Å². The number of hydrazine groups is 1. The summed E-state index contributed by atoms with van der Waals surface area (Å²) in [6.45, 7) is 0.406. The van der Waals surface area contributed by atoms with Crippen molar-refractivity contribution in [3.05, 3.63) is 76.1 Å². The third-order valence-electron chi connectivity index (χ3n) is 3.53. The molecule has 0 aliphatic rings. The minimum atomic E-state index is -0.466. The molecule has 0 saturated heterocycles. The van der Waals surface area contributed by atoms with E-state index in [-0.39, 0.29) is 11.5 Å². The van der Waals surface area contributed by atoms with Gasteiger partial charge in [0.2, 0.25) is 0 Å². The summed E-state index contributed by atoms with van der Waals surface area (Å²) in [6, 6.07) is 15.5. The molecule has 3 aromatic rings. The molecular weight excluding hydrogens is 375 g/mol. The first kappa shape index (κ1) is 16.4. The molecule has 1 amide bonds. The molecule has 122 valence electrons. The number of nitrogens with zero attached hydrogens (tertiary/aromatic N) is 2. The minimum absolute atomic E-state index is 0.220. The van der Waals surface area contributed by atoms with E-state index in [1.807, 2.05) is 24.3 Å². The molecule has 0 atom stereocenters. The zero-order valence-corrected chi connectivity index (χ0v) is 14.1. The smallest absolute Gasteiger partial charge is 0.285 e. The lowest BCUT2D eigenvalue weighted by Gasteiger charge is -2.08. The highest BCUT2D eigenvalue weighted by molar-refractivity contribution is 9.10. The standard InChI is InChI=1S/C17H14BrFN4O/c18-13-5-3-12(4-6-13)16-9-15(17(24)21-20)22-23(16)10-11-1-7-14(19)8-2-11/h1-9H,10,20H2,(H,21,24). The molecule has 0 bridgehead atoms. The minimum Gasteiger partial charge on any atom is -0.289 e. The first-order chi connectivity index (χ1) is 11.6. The Kier molecular flexibility index (Phi) is 4.73. The van der Waals surface area contributed by atoms with Gasteiger partial charge < -0.3 is 0 Å². The van der Waals surface area contributed by atoms with Gasteiger partial charge in [-0.05, 0) is 41.5 Å². The second-order valence-corrected chi connectivity index (χ2v) is 6.09. The number of halogens is 2. The summed E-state index contributed by atoms with van der Waals surface area (Å²) in [5.74, 6) is 4.43. The third kappa shape index (κ3) is 3.52. The summed E-state index contributed by atoms with van der Waals surface area (Å²) in [6.07, 6.45) is 0. The maximum Gasteiger partial charge on any atom is 0.285 e. The van der Waals surface area contributed by atoms with Crippen molar-refractivity contribution in [3.63, 3.8) is 0 Å². The molecule has 0 fully saturated rings. The van der Waals surface area contributed by atoms with Crippen LogP contribution in [0.2, 0.25) is 0 Å². The van der Waals surface area contributed by atoms with Gasteiger partial charge in [-0.25, -0.2) is 10.2 Å². The molecule has 1 heterocycles. The number of carbonyl (C=O) groups is 1. The highest BCUT2D eigenvalue weighted by Crippen LogP contribution is 2.24. The van der Waals surface area contributed by atoms with E-state index < -0.39 is 5.91 Å². The summed E-state index contributed by atoms with van der Waals surface area (Å²) in [7, 11) is 0. The van der Waals surface area contributed by atoms with Crippen LogP contribution in [0, 0.1) is 5.82 Å². The Labute approximate surface area is 146 Å². The summed E-state index contributed by atoms with van der Waals surface area (Å²) in [5, 5.41) is 4.32. The number of rotatable bonds is 4. The Bertz CT molecular complexity index is 859. The predicted molar refractivity (Wildman–Crippen MR) is 92.5 cm³/mol. The van der Waals surface area contributed by atoms with Gasteiger partial charge >= 0.3 is 0 Å². The lowest BCUT2D eigenvalue weighted by molar-refractivity contribution is 0.0948. The van der Waals surface area contributed by atoms with Crippen LogP contribution < -0.4 is 11.3 Å². The Balaban J connectivity index is 2.02. The molecular formula is C17H14BrFN4O. The van der Waals surface area contributed by atoms with Crippen LogP contribution in [0.25, 0.3) is 11.3 Å². The third-order valence-corrected chi connectivity index (χ3v) is 4.06. The van der Waals surface area contributed by atoms with Gasteiger partial charge in [-0.3, -0.25) is 14.9 Å².